The molecule has 0 bridgehead atoms. The molecule has 1 saturated carbocycles. The molecule has 4 nitrogen and oxygen atoms in total. The largest absolute Gasteiger partial charge is 0.483 e. The molecule has 0 radical (unpaired) electrons. The van der Waals surface area contributed by atoms with E-state index in [0.717, 1.165) is 18.5 Å². The van der Waals surface area contributed by atoms with Crippen molar-refractivity contribution in [3.63, 3.8) is 0 Å². The average molecular weight is 290 g/mol. The summed E-state index contributed by atoms with van der Waals surface area (Å²) in [6.07, 6.45) is 6.14. The summed E-state index contributed by atoms with van der Waals surface area (Å²) in [5.74, 6) is 0.641. The van der Waals surface area contributed by atoms with Gasteiger partial charge in [0.15, 0.2) is 6.61 Å². The number of carbonyl (C=O) groups is 1. The maximum atomic E-state index is 12.0. The first kappa shape index (κ1) is 15.8. The normalized spacial score (nSPS) is 16.7. The molecule has 0 aromatic heterocycles. The van der Waals surface area contributed by atoms with Gasteiger partial charge >= 0.3 is 0 Å². The Bertz CT molecular complexity index is 468. The first-order chi connectivity index (χ1) is 10.2. The number of ether oxygens (including phenoxy) is 1. The van der Waals surface area contributed by atoms with E-state index in [0.29, 0.717) is 17.7 Å². The molecule has 1 fully saturated rings. The number of nitrogens with two attached hydrogens (primary N) is 1. The van der Waals surface area contributed by atoms with E-state index in [1.807, 2.05) is 24.3 Å². The van der Waals surface area contributed by atoms with Crippen molar-refractivity contribution in [2.45, 2.75) is 45.6 Å². The number of hydrogen-bond acceptors (Lipinski definition) is 3. The van der Waals surface area contributed by atoms with Crippen molar-refractivity contribution >= 4 is 5.91 Å². The second-order valence-electron chi connectivity index (χ2n) is 5.94. The molecule has 0 unspecified atom stereocenters. The molecular formula is C17H26N2O2. The van der Waals surface area contributed by atoms with Crippen molar-refractivity contribution in [1.29, 1.82) is 0 Å². The summed E-state index contributed by atoms with van der Waals surface area (Å²) in [6, 6.07) is 7.56. The Morgan fingerprint density at radius 3 is 2.71 bits per heavy atom. The Balaban J connectivity index is 1.79. The van der Waals surface area contributed by atoms with E-state index >= 15 is 0 Å². The summed E-state index contributed by atoms with van der Waals surface area (Å²) < 4.78 is 5.58. The fourth-order valence-electron chi connectivity index (χ4n) is 3.07. The van der Waals surface area contributed by atoms with Crippen LogP contribution in [0.5, 0.6) is 5.75 Å². The molecule has 116 valence electrons. The van der Waals surface area contributed by atoms with Crippen molar-refractivity contribution in [3.05, 3.63) is 29.8 Å². The predicted octanol–water partition coefficient (Wildman–Crippen LogP) is 2.61. The Morgan fingerprint density at radius 2 is 2.05 bits per heavy atom. The quantitative estimate of drug-likeness (QED) is 0.811. The molecule has 21 heavy (non-hydrogen) atoms. The van der Waals surface area contributed by atoms with Crippen LogP contribution >= 0.6 is 0 Å². The Labute approximate surface area is 127 Å². The summed E-state index contributed by atoms with van der Waals surface area (Å²) in [5.41, 5.74) is 6.89. The van der Waals surface area contributed by atoms with Crippen LogP contribution in [0.25, 0.3) is 0 Å². The highest BCUT2D eigenvalue weighted by Crippen LogP contribution is 2.40. The van der Waals surface area contributed by atoms with Crippen LogP contribution in [0.15, 0.2) is 24.3 Å². The van der Waals surface area contributed by atoms with Crippen LogP contribution in [-0.2, 0) is 11.3 Å². The maximum absolute atomic E-state index is 12.0. The maximum Gasteiger partial charge on any atom is 0.257 e. The van der Waals surface area contributed by atoms with Gasteiger partial charge < -0.3 is 15.8 Å². The predicted molar refractivity (Wildman–Crippen MR) is 84.0 cm³/mol. The summed E-state index contributed by atoms with van der Waals surface area (Å²) in [4.78, 5) is 12.0. The van der Waals surface area contributed by atoms with Gasteiger partial charge in [0.1, 0.15) is 5.75 Å². The molecule has 0 heterocycles. The lowest BCUT2D eigenvalue weighted by Crippen LogP contribution is -2.38. The summed E-state index contributed by atoms with van der Waals surface area (Å²) in [7, 11) is 0. The van der Waals surface area contributed by atoms with Gasteiger partial charge in [0.05, 0.1) is 0 Å². The van der Waals surface area contributed by atoms with Crippen LogP contribution < -0.4 is 15.8 Å². The van der Waals surface area contributed by atoms with Gasteiger partial charge in [0.2, 0.25) is 0 Å². The van der Waals surface area contributed by atoms with Gasteiger partial charge in [0.25, 0.3) is 5.91 Å². The zero-order valence-electron chi connectivity index (χ0n) is 12.9. The van der Waals surface area contributed by atoms with Crippen LogP contribution in [0, 0.1) is 5.41 Å². The van der Waals surface area contributed by atoms with Crippen LogP contribution in [0.3, 0.4) is 0 Å². The number of para-hydroxylation sites is 1. The van der Waals surface area contributed by atoms with Crippen LogP contribution in [0.2, 0.25) is 0 Å². The number of carbonyl (C=O) groups excluding carboxylic acids is 1. The second-order valence-corrected chi connectivity index (χ2v) is 5.94. The molecule has 1 aliphatic rings. The molecule has 0 aliphatic heterocycles. The number of rotatable bonds is 7. The third-order valence-electron chi connectivity index (χ3n) is 4.63. The van der Waals surface area contributed by atoms with Crippen molar-refractivity contribution in [2.24, 2.45) is 11.1 Å². The number of amides is 1. The van der Waals surface area contributed by atoms with Crippen LogP contribution in [-0.4, -0.2) is 19.1 Å². The van der Waals surface area contributed by atoms with E-state index < -0.39 is 0 Å². The summed E-state index contributed by atoms with van der Waals surface area (Å²) in [6.45, 7) is 3.45. The molecular weight excluding hydrogens is 264 g/mol. The van der Waals surface area contributed by atoms with Crippen molar-refractivity contribution in [2.75, 3.05) is 13.2 Å². The van der Waals surface area contributed by atoms with E-state index in [2.05, 4.69) is 12.2 Å². The van der Waals surface area contributed by atoms with Crippen molar-refractivity contribution in [3.8, 4) is 5.75 Å². The molecule has 0 atom stereocenters. The fraction of sp³-hybridized carbons (Fsp3) is 0.588. The Kier molecular flexibility index (Phi) is 5.62. The van der Waals surface area contributed by atoms with Crippen LogP contribution in [0.1, 0.15) is 44.6 Å². The SMILES string of the molecule is CCC1(CNC(=O)COc2ccccc2CN)CCCC1. The number of hydrogen-bond donors (Lipinski definition) is 2. The minimum absolute atomic E-state index is 0.0524. The second kappa shape index (κ2) is 7.46. The molecule has 3 N–H and O–H groups in total. The first-order valence-electron chi connectivity index (χ1n) is 7.86. The fourth-order valence-corrected chi connectivity index (χ4v) is 3.07. The molecule has 0 saturated heterocycles. The highest BCUT2D eigenvalue weighted by molar-refractivity contribution is 5.77. The van der Waals surface area contributed by atoms with Gasteiger partial charge in [-0.3, -0.25) is 4.79 Å². The van der Waals surface area contributed by atoms with Gasteiger partial charge in [-0.05, 0) is 30.7 Å². The van der Waals surface area contributed by atoms with E-state index in [1.165, 1.54) is 25.7 Å². The van der Waals surface area contributed by atoms with Gasteiger partial charge in [-0.25, -0.2) is 0 Å². The van der Waals surface area contributed by atoms with Crippen LogP contribution in [0.4, 0.5) is 0 Å². The monoisotopic (exact) mass is 290 g/mol. The highest BCUT2D eigenvalue weighted by atomic mass is 16.5. The van der Waals surface area contributed by atoms with E-state index in [1.54, 1.807) is 0 Å². The van der Waals surface area contributed by atoms with Gasteiger partial charge in [-0.1, -0.05) is 38.0 Å². The minimum Gasteiger partial charge on any atom is -0.483 e. The lowest BCUT2D eigenvalue weighted by atomic mass is 9.83. The molecule has 0 spiro atoms. The topological polar surface area (TPSA) is 64.3 Å². The lowest BCUT2D eigenvalue weighted by molar-refractivity contribution is -0.123. The Morgan fingerprint density at radius 1 is 1.33 bits per heavy atom. The molecule has 2 rings (SSSR count). The molecule has 1 amide bonds. The van der Waals surface area contributed by atoms with Crippen molar-refractivity contribution in [1.82, 2.24) is 5.32 Å². The average Bonchev–Trinajstić information content (AvgIpc) is 3.00. The molecule has 1 aromatic rings. The van der Waals surface area contributed by atoms with Gasteiger partial charge in [-0.15, -0.1) is 0 Å². The first-order valence-corrected chi connectivity index (χ1v) is 7.86. The summed E-state index contributed by atoms with van der Waals surface area (Å²) >= 11 is 0. The number of nitrogens with one attached hydrogen (secondary N) is 1. The molecule has 4 heteroatoms. The smallest absolute Gasteiger partial charge is 0.257 e. The Hall–Kier alpha value is -1.55. The third-order valence-corrected chi connectivity index (χ3v) is 4.63. The van der Waals surface area contributed by atoms with Gasteiger partial charge in [0, 0.05) is 18.7 Å². The highest BCUT2D eigenvalue weighted by Gasteiger charge is 2.32. The lowest BCUT2D eigenvalue weighted by Gasteiger charge is -2.27. The third kappa shape index (κ3) is 4.21. The zero-order chi connectivity index (χ0) is 15.1. The van der Waals surface area contributed by atoms with Gasteiger partial charge in [-0.2, -0.15) is 0 Å². The van der Waals surface area contributed by atoms with E-state index in [4.69, 9.17) is 10.5 Å². The molecule has 1 aromatic carbocycles. The number of benzene rings is 1. The minimum atomic E-state index is -0.0541. The molecule has 1 aliphatic carbocycles. The van der Waals surface area contributed by atoms with E-state index in [9.17, 15) is 4.79 Å². The summed E-state index contributed by atoms with van der Waals surface area (Å²) in [5, 5.41) is 3.03. The zero-order valence-corrected chi connectivity index (χ0v) is 12.9. The van der Waals surface area contributed by atoms with E-state index in [-0.39, 0.29) is 12.5 Å². The van der Waals surface area contributed by atoms with Crippen molar-refractivity contribution < 1.29 is 9.53 Å². The standard InChI is InChI=1S/C17H26N2O2/c1-2-17(9-5-6-10-17)13-19-16(20)12-21-15-8-4-3-7-14(15)11-18/h3-4,7-8H,2,5-6,9-13,18H2,1H3,(H,19,20).